The Labute approximate surface area is 158 Å². The number of methoxy groups -OCH3 is 1. The molecule has 0 N–H and O–H groups in total. The first kappa shape index (κ1) is 18.0. The summed E-state index contributed by atoms with van der Waals surface area (Å²) in [5.74, 6) is 0.620. The van der Waals surface area contributed by atoms with Gasteiger partial charge in [0, 0.05) is 7.11 Å². The summed E-state index contributed by atoms with van der Waals surface area (Å²) >= 11 is 0. The predicted molar refractivity (Wildman–Crippen MR) is 70.0 cm³/mol. The average Bonchev–Trinajstić information content (AvgIpc) is 2.37. The minimum atomic E-state index is -4.96. The van der Waals surface area contributed by atoms with Gasteiger partial charge < -0.3 is 22.4 Å². The number of hydrogen-bond donors (Lipinski definition) is 0. The molecule has 0 saturated carbocycles. The molecule has 0 aliphatic heterocycles. The second kappa shape index (κ2) is 7.82. The van der Waals surface area contributed by atoms with Gasteiger partial charge in [-0.2, -0.15) is 0 Å². The van der Waals surface area contributed by atoms with Crippen molar-refractivity contribution < 1.29 is 73.8 Å². The van der Waals surface area contributed by atoms with E-state index in [2.05, 4.69) is 0 Å². The molecule has 102 valence electrons. The van der Waals surface area contributed by atoms with Crippen LogP contribution in [0.3, 0.4) is 0 Å². The van der Waals surface area contributed by atoms with Gasteiger partial charge in [0.1, 0.15) is 12.4 Å². The molecule has 20 heavy (non-hydrogen) atoms. The monoisotopic (exact) mass is 308 g/mol. The fourth-order valence-electron chi connectivity index (χ4n) is 1.78. The van der Waals surface area contributed by atoms with E-state index in [1.54, 1.807) is 25.3 Å². The SMILES string of the molecule is COCCOc1ccc2cc([B-](F)(F)F)ccc2c1.[K+]. The molecule has 0 spiro atoms. The summed E-state index contributed by atoms with van der Waals surface area (Å²) in [6.45, 7) is -4.08. The zero-order valence-corrected chi connectivity index (χ0v) is 14.5. The first-order valence-corrected chi connectivity index (χ1v) is 5.86. The smallest absolute Gasteiger partial charge is 0.491 e. The van der Waals surface area contributed by atoms with E-state index in [4.69, 9.17) is 9.47 Å². The van der Waals surface area contributed by atoms with E-state index in [1.165, 1.54) is 6.07 Å². The molecule has 0 unspecified atom stereocenters. The van der Waals surface area contributed by atoms with Crippen molar-refractivity contribution >= 4 is 23.2 Å². The van der Waals surface area contributed by atoms with Crippen LogP contribution in [0, 0.1) is 0 Å². The number of benzene rings is 2. The molecule has 0 fully saturated rings. The molecule has 0 bridgehead atoms. The summed E-state index contributed by atoms with van der Waals surface area (Å²) in [5.41, 5.74) is -0.583. The molecular weight excluding hydrogens is 295 g/mol. The van der Waals surface area contributed by atoms with Gasteiger partial charge in [-0.1, -0.05) is 24.3 Å². The van der Waals surface area contributed by atoms with Gasteiger partial charge in [0.15, 0.2) is 0 Å². The van der Waals surface area contributed by atoms with Crippen LogP contribution in [0.15, 0.2) is 36.4 Å². The molecule has 7 heteroatoms. The summed E-state index contributed by atoms with van der Waals surface area (Å²) in [6.07, 6.45) is 0. The third-order valence-electron chi connectivity index (χ3n) is 2.77. The van der Waals surface area contributed by atoms with Crippen LogP contribution < -0.4 is 61.6 Å². The van der Waals surface area contributed by atoms with Gasteiger partial charge in [-0.25, -0.2) is 0 Å². The second-order valence-electron chi connectivity index (χ2n) is 4.18. The first-order valence-electron chi connectivity index (χ1n) is 5.86. The number of rotatable bonds is 5. The van der Waals surface area contributed by atoms with Crippen molar-refractivity contribution in [3.8, 4) is 5.75 Å². The van der Waals surface area contributed by atoms with Crippen LogP contribution >= 0.6 is 0 Å². The topological polar surface area (TPSA) is 18.5 Å². The molecule has 2 nitrogen and oxygen atoms in total. The molecule has 0 saturated heterocycles. The van der Waals surface area contributed by atoms with E-state index >= 15 is 0 Å². The largest absolute Gasteiger partial charge is 1.00 e. The van der Waals surface area contributed by atoms with Crippen LogP contribution in [0.4, 0.5) is 12.9 Å². The Hall–Kier alpha value is -0.0487. The summed E-state index contributed by atoms with van der Waals surface area (Å²) in [6, 6.07) is 8.73. The summed E-state index contributed by atoms with van der Waals surface area (Å²) in [7, 11) is 1.57. The average molecular weight is 308 g/mol. The fraction of sp³-hybridized carbons (Fsp3) is 0.231. The minimum absolute atomic E-state index is 0. The van der Waals surface area contributed by atoms with Gasteiger partial charge in [0.25, 0.3) is 0 Å². The van der Waals surface area contributed by atoms with Crippen molar-refractivity contribution in [2.75, 3.05) is 20.3 Å². The molecule has 0 aliphatic rings. The van der Waals surface area contributed by atoms with Crippen LogP contribution in [-0.4, -0.2) is 27.3 Å². The number of fused-ring (bicyclic) bond motifs is 1. The van der Waals surface area contributed by atoms with Crippen LogP contribution in [0.5, 0.6) is 5.75 Å². The Kier molecular flexibility index (Phi) is 7.04. The molecule has 0 aromatic heterocycles. The molecule has 2 rings (SSSR count). The maximum absolute atomic E-state index is 12.6. The Morgan fingerprint density at radius 1 is 0.950 bits per heavy atom. The summed E-state index contributed by atoms with van der Waals surface area (Å²) < 4.78 is 48.1. The standard InChI is InChI=1S/C13H13BF3O2.K/c1-18-6-7-19-13-5-3-10-8-12(14(15,16)17)4-2-11(10)9-13;/h2-5,8-9H,6-7H2,1H3;/q-1;+1. The quantitative estimate of drug-likeness (QED) is 0.568. The van der Waals surface area contributed by atoms with Gasteiger partial charge in [0.05, 0.1) is 6.61 Å². The minimum Gasteiger partial charge on any atom is -0.491 e. The third-order valence-corrected chi connectivity index (χ3v) is 2.77. The van der Waals surface area contributed by atoms with Crippen LogP contribution in [-0.2, 0) is 4.74 Å². The summed E-state index contributed by atoms with van der Waals surface area (Å²) in [5, 5.41) is 1.27. The zero-order chi connectivity index (χ0) is 13.9. The van der Waals surface area contributed by atoms with Crippen molar-refractivity contribution in [3.63, 3.8) is 0 Å². The molecule has 0 aliphatic carbocycles. The Balaban J connectivity index is 0.00000200. The Bertz CT molecular complexity index is 575. The third kappa shape index (κ3) is 4.75. The fourth-order valence-corrected chi connectivity index (χ4v) is 1.78. The number of hydrogen-bond acceptors (Lipinski definition) is 2. The van der Waals surface area contributed by atoms with E-state index in [9.17, 15) is 12.9 Å². The normalized spacial score (nSPS) is 11.2. The van der Waals surface area contributed by atoms with Crippen molar-refractivity contribution in [1.82, 2.24) is 0 Å². The van der Waals surface area contributed by atoms with Crippen LogP contribution in [0.1, 0.15) is 0 Å². The second-order valence-corrected chi connectivity index (χ2v) is 4.18. The van der Waals surface area contributed by atoms with Crippen LogP contribution in [0.2, 0.25) is 0 Å². The molecule has 2 aromatic rings. The van der Waals surface area contributed by atoms with Crippen molar-refractivity contribution in [2.45, 2.75) is 0 Å². The van der Waals surface area contributed by atoms with E-state index in [0.717, 1.165) is 17.5 Å². The van der Waals surface area contributed by atoms with Crippen molar-refractivity contribution in [1.29, 1.82) is 0 Å². The molecule has 0 amide bonds. The molecule has 0 radical (unpaired) electrons. The summed E-state index contributed by atoms with van der Waals surface area (Å²) in [4.78, 5) is 0. The maximum atomic E-state index is 12.6. The Morgan fingerprint density at radius 3 is 2.25 bits per heavy atom. The molecule has 0 heterocycles. The zero-order valence-electron chi connectivity index (χ0n) is 11.4. The molecular formula is C13H13BF3KO2. The van der Waals surface area contributed by atoms with Gasteiger partial charge in [-0.3, -0.25) is 0 Å². The van der Waals surface area contributed by atoms with Gasteiger partial charge in [-0.15, -0.1) is 5.46 Å². The van der Waals surface area contributed by atoms with Gasteiger partial charge in [0.2, 0.25) is 0 Å². The van der Waals surface area contributed by atoms with E-state index in [1.807, 2.05) is 0 Å². The molecule has 0 atom stereocenters. The Morgan fingerprint density at radius 2 is 1.60 bits per heavy atom. The number of halogens is 3. The van der Waals surface area contributed by atoms with Crippen LogP contribution in [0.25, 0.3) is 10.8 Å². The first-order chi connectivity index (χ1) is 9.00. The van der Waals surface area contributed by atoms with Gasteiger partial charge in [-0.05, 0) is 22.9 Å². The predicted octanol–water partition coefficient (Wildman–Crippen LogP) is -0.0766. The van der Waals surface area contributed by atoms with Crippen molar-refractivity contribution in [3.05, 3.63) is 36.4 Å². The maximum Gasteiger partial charge on any atom is 1.00 e. The van der Waals surface area contributed by atoms with E-state index in [-0.39, 0.29) is 51.4 Å². The van der Waals surface area contributed by atoms with Gasteiger partial charge >= 0.3 is 58.4 Å². The van der Waals surface area contributed by atoms with E-state index in [0.29, 0.717) is 24.3 Å². The molecule has 2 aromatic carbocycles. The van der Waals surface area contributed by atoms with E-state index < -0.39 is 12.4 Å². The number of ether oxygens (including phenoxy) is 2. The van der Waals surface area contributed by atoms with Crippen molar-refractivity contribution in [2.24, 2.45) is 0 Å².